The number of piperazine rings is 1. The van der Waals surface area contributed by atoms with Crippen molar-refractivity contribution < 1.29 is 23.1 Å². The van der Waals surface area contributed by atoms with E-state index in [-0.39, 0.29) is 29.8 Å². The van der Waals surface area contributed by atoms with Crippen LogP contribution in [-0.4, -0.2) is 97.5 Å². The number of hydrogen-bond donors (Lipinski definition) is 2. The van der Waals surface area contributed by atoms with Crippen LogP contribution in [0, 0.1) is 0 Å². The predicted octanol–water partition coefficient (Wildman–Crippen LogP) is 2.51. The van der Waals surface area contributed by atoms with Crippen molar-refractivity contribution in [1.82, 2.24) is 29.5 Å². The molecule has 2 aromatic heterocycles. The van der Waals surface area contributed by atoms with Gasteiger partial charge in [0.25, 0.3) is 0 Å². The summed E-state index contributed by atoms with van der Waals surface area (Å²) >= 11 is 0. The highest BCUT2D eigenvalue weighted by molar-refractivity contribution is 5.90. The molecule has 1 aromatic carbocycles. The second-order valence-corrected chi connectivity index (χ2v) is 10.9. The molecule has 0 unspecified atom stereocenters. The van der Waals surface area contributed by atoms with E-state index in [0.29, 0.717) is 67.9 Å². The number of alkyl halides is 3. The number of halogens is 3. The van der Waals surface area contributed by atoms with Crippen LogP contribution in [-0.2, 0) is 11.0 Å². The van der Waals surface area contributed by atoms with Gasteiger partial charge in [0.15, 0.2) is 5.65 Å². The zero-order chi connectivity index (χ0) is 27.5. The molecule has 3 aromatic rings. The van der Waals surface area contributed by atoms with Gasteiger partial charge < -0.3 is 20.2 Å². The molecule has 0 bridgehead atoms. The van der Waals surface area contributed by atoms with Crippen molar-refractivity contribution in [3.63, 3.8) is 0 Å². The zero-order valence-corrected chi connectivity index (χ0v) is 21.8. The third-order valence-corrected chi connectivity index (χ3v) is 7.89. The van der Waals surface area contributed by atoms with Gasteiger partial charge in [-0.15, -0.1) is 0 Å². The van der Waals surface area contributed by atoms with E-state index < -0.39 is 11.7 Å². The number of aromatic nitrogens is 4. The zero-order valence-electron chi connectivity index (χ0n) is 21.8. The van der Waals surface area contributed by atoms with Crippen molar-refractivity contribution in [2.45, 2.75) is 57.1 Å². The summed E-state index contributed by atoms with van der Waals surface area (Å²) in [6, 6.07) is 5.36. The van der Waals surface area contributed by atoms with Gasteiger partial charge in [-0.1, -0.05) is 6.07 Å². The van der Waals surface area contributed by atoms with Crippen LogP contribution in [0.15, 0.2) is 30.5 Å². The number of fused-ring (bicyclic) bond motifs is 1. The van der Waals surface area contributed by atoms with Gasteiger partial charge in [-0.25, -0.2) is 4.68 Å². The monoisotopic (exact) mass is 544 g/mol. The van der Waals surface area contributed by atoms with Gasteiger partial charge in [0.2, 0.25) is 11.9 Å². The van der Waals surface area contributed by atoms with Gasteiger partial charge in [0.1, 0.15) is 5.82 Å². The number of nitrogens with zero attached hydrogens (tertiary/aromatic N) is 7. The predicted molar refractivity (Wildman–Crippen MR) is 139 cm³/mol. The summed E-state index contributed by atoms with van der Waals surface area (Å²) in [4.78, 5) is 28.3. The summed E-state index contributed by atoms with van der Waals surface area (Å²) < 4.78 is 41.6. The van der Waals surface area contributed by atoms with Crippen molar-refractivity contribution in [3.8, 4) is 5.69 Å². The molecular formula is C26H31F3N8O2. The summed E-state index contributed by atoms with van der Waals surface area (Å²) in [5, 5.41) is 17.9. The van der Waals surface area contributed by atoms with Gasteiger partial charge in [0, 0.05) is 38.3 Å². The lowest BCUT2D eigenvalue weighted by Gasteiger charge is -2.49. The Balaban J connectivity index is 1.29. The van der Waals surface area contributed by atoms with Crippen molar-refractivity contribution >= 4 is 28.7 Å². The molecule has 0 atom stereocenters. The Labute approximate surface area is 223 Å². The normalized spacial score (nSPS) is 22.9. The van der Waals surface area contributed by atoms with Crippen LogP contribution in [0.25, 0.3) is 16.7 Å². The molecule has 6 rings (SSSR count). The van der Waals surface area contributed by atoms with E-state index in [1.54, 1.807) is 12.3 Å². The molecule has 3 fully saturated rings. The molecule has 0 spiro atoms. The fourth-order valence-corrected chi connectivity index (χ4v) is 5.45. The van der Waals surface area contributed by atoms with Crippen molar-refractivity contribution in [2.24, 2.45) is 0 Å². The second kappa shape index (κ2) is 9.63. The average Bonchev–Trinajstić information content (AvgIpc) is 3.26. The number of amides is 1. The first-order valence-corrected chi connectivity index (χ1v) is 13.2. The van der Waals surface area contributed by atoms with Crippen molar-refractivity contribution in [3.05, 3.63) is 36.0 Å². The molecule has 0 radical (unpaired) electrons. The molecule has 2 saturated heterocycles. The van der Waals surface area contributed by atoms with Crippen LogP contribution in [0.5, 0.6) is 0 Å². The standard InChI is InChI=1S/C26H31F3N8O2/c1-15(2)34-6-7-36(22(39)14-34)19-12-35(13-19)23-21-11-30-37(18-5-3-4-16(8-18)26(27,28)29)24(21)33-25(32-23)31-17-9-20(38)10-17/h3-5,8,11,15,17,19-20,38H,6-7,9-10,12-14H2,1-2H3,(H,31,32,33)/t17-,20+. The lowest BCUT2D eigenvalue weighted by Crippen LogP contribution is -2.65. The van der Waals surface area contributed by atoms with Crippen LogP contribution < -0.4 is 10.2 Å². The molecule has 10 nitrogen and oxygen atoms in total. The number of nitrogens with one attached hydrogen (secondary N) is 1. The van der Waals surface area contributed by atoms with Crippen LogP contribution >= 0.6 is 0 Å². The average molecular weight is 545 g/mol. The first kappa shape index (κ1) is 25.8. The fourth-order valence-electron chi connectivity index (χ4n) is 5.45. The number of rotatable bonds is 6. The Bertz CT molecular complexity index is 1380. The smallest absolute Gasteiger partial charge is 0.393 e. The number of aliphatic hydroxyl groups is 1. The van der Waals surface area contributed by atoms with Gasteiger partial charge in [0.05, 0.1) is 41.5 Å². The molecule has 4 heterocycles. The summed E-state index contributed by atoms with van der Waals surface area (Å²) in [6.07, 6.45) is -2.14. The maximum Gasteiger partial charge on any atom is 0.416 e. The molecule has 1 saturated carbocycles. The lowest BCUT2D eigenvalue weighted by atomic mass is 9.90. The molecular weight excluding hydrogens is 513 g/mol. The van der Waals surface area contributed by atoms with Gasteiger partial charge in [-0.2, -0.15) is 28.2 Å². The largest absolute Gasteiger partial charge is 0.416 e. The summed E-state index contributed by atoms with van der Waals surface area (Å²) in [5.74, 6) is 1.06. The summed E-state index contributed by atoms with van der Waals surface area (Å²) in [7, 11) is 0. The minimum absolute atomic E-state index is 0.00856. The Hall–Kier alpha value is -3.45. The molecule has 39 heavy (non-hydrogen) atoms. The Kier molecular flexibility index (Phi) is 6.37. The highest BCUT2D eigenvalue weighted by Gasteiger charge is 2.39. The Morgan fingerprint density at radius 3 is 2.56 bits per heavy atom. The molecule has 1 amide bonds. The third-order valence-electron chi connectivity index (χ3n) is 7.89. The fraction of sp³-hybridized carbons (Fsp3) is 0.538. The van der Waals surface area contributed by atoms with Crippen LogP contribution in [0.1, 0.15) is 32.3 Å². The lowest BCUT2D eigenvalue weighted by molar-refractivity contribution is -0.140. The summed E-state index contributed by atoms with van der Waals surface area (Å²) in [6.45, 7) is 7.29. The first-order chi connectivity index (χ1) is 18.6. The van der Waals surface area contributed by atoms with Gasteiger partial charge in [-0.3, -0.25) is 9.69 Å². The molecule has 208 valence electrons. The van der Waals surface area contributed by atoms with E-state index in [1.807, 2.05) is 4.90 Å². The van der Waals surface area contributed by atoms with Crippen molar-refractivity contribution in [2.75, 3.05) is 42.9 Å². The van der Waals surface area contributed by atoms with Crippen LogP contribution in [0.4, 0.5) is 24.9 Å². The van der Waals surface area contributed by atoms with Crippen LogP contribution in [0.3, 0.4) is 0 Å². The third kappa shape index (κ3) is 4.89. The first-order valence-electron chi connectivity index (χ1n) is 13.2. The van der Waals surface area contributed by atoms with E-state index in [2.05, 4.69) is 39.0 Å². The number of hydrogen-bond acceptors (Lipinski definition) is 8. The highest BCUT2D eigenvalue weighted by Crippen LogP contribution is 2.34. The number of benzene rings is 1. The maximum atomic E-state index is 13.4. The van der Waals surface area contributed by atoms with E-state index in [0.717, 1.165) is 18.7 Å². The van der Waals surface area contributed by atoms with E-state index in [1.165, 1.54) is 10.7 Å². The van der Waals surface area contributed by atoms with Gasteiger partial charge >= 0.3 is 6.18 Å². The quantitative estimate of drug-likeness (QED) is 0.488. The second-order valence-electron chi connectivity index (χ2n) is 10.9. The minimum Gasteiger partial charge on any atom is -0.393 e. The number of anilines is 2. The van der Waals surface area contributed by atoms with E-state index in [9.17, 15) is 23.1 Å². The highest BCUT2D eigenvalue weighted by atomic mass is 19.4. The SMILES string of the molecule is CC(C)N1CCN(C2CN(c3nc(N[C@H]4C[C@@H](O)C4)nc4c3cnn4-c3cccc(C(F)(F)F)c3)C2)C(=O)C1. The van der Waals surface area contributed by atoms with Gasteiger partial charge in [-0.05, 0) is 44.9 Å². The Morgan fingerprint density at radius 1 is 1.13 bits per heavy atom. The maximum absolute atomic E-state index is 13.4. The molecule has 2 N–H and O–H groups in total. The molecule has 2 aliphatic heterocycles. The number of carbonyl (C=O) groups is 1. The molecule has 3 aliphatic rings. The molecule has 1 aliphatic carbocycles. The number of carbonyl (C=O) groups excluding carboxylic acids is 1. The van der Waals surface area contributed by atoms with E-state index in [4.69, 9.17) is 4.98 Å². The number of aliphatic hydroxyl groups excluding tert-OH is 1. The van der Waals surface area contributed by atoms with Crippen LogP contribution in [0.2, 0.25) is 0 Å². The Morgan fingerprint density at radius 2 is 1.90 bits per heavy atom. The molecule has 13 heteroatoms. The topological polar surface area (TPSA) is 103 Å². The summed E-state index contributed by atoms with van der Waals surface area (Å²) in [5.41, 5.74) is -0.149. The minimum atomic E-state index is -4.48. The van der Waals surface area contributed by atoms with Crippen molar-refractivity contribution in [1.29, 1.82) is 0 Å². The van der Waals surface area contributed by atoms with E-state index >= 15 is 0 Å².